The Bertz CT molecular complexity index is 1200. The number of nitriles is 1. The summed E-state index contributed by atoms with van der Waals surface area (Å²) in [6.07, 6.45) is -3.92. The van der Waals surface area contributed by atoms with Crippen molar-refractivity contribution in [2.45, 2.75) is 43.8 Å². The quantitative estimate of drug-likeness (QED) is 0.462. The number of alkyl halides is 3. The minimum absolute atomic E-state index is 0.0602. The Morgan fingerprint density at radius 3 is 2.62 bits per heavy atom. The zero-order valence-electron chi connectivity index (χ0n) is 18.4. The maximum atomic E-state index is 14.9. The van der Waals surface area contributed by atoms with Crippen LogP contribution in [0.5, 0.6) is 11.5 Å². The van der Waals surface area contributed by atoms with Crippen LogP contribution in [0.15, 0.2) is 42.0 Å². The van der Waals surface area contributed by atoms with Crippen molar-refractivity contribution in [2.24, 2.45) is 0 Å². The molecule has 2 aromatic carbocycles. The van der Waals surface area contributed by atoms with Crippen molar-refractivity contribution in [1.82, 2.24) is 5.32 Å². The molecule has 2 aromatic rings. The summed E-state index contributed by atoms with van der Waals surface area (Å²) < 4.78 is 62.4. The van der Waals surface area contributed by atoms with E-state index in [1.165, 1.54) is 19.2 Å². The van der Waals surface area contributed by atoms with Crippen LogP contribution in [0.1, 0.15) is 42.4 Å². The average molecular weight is 474 g/mol. The second kappa shape index (κ2) is 9.01. The maximum Gasteiger partial charge on any atom is 0.389 e. The van der Waals surface area contributed by atoms with Gasteiger partial charge >= 0.3 is 6.18 Å². The van der Waals surface area contributed by atoms with E-state index in [9.17, 15) is 27.6 Å². The van der Waals surface area contributed by atoms with E-state index in [0.29, 0.717) is 29.9 Å². The average Bonchev–Trinajstić information content (AvgIpc) is 3.12. The Morgan fingerprint density at radius 2 is 1.94 bits per heavy atom. The lowest BCUT2D eigenvalue weighted by molar-refractivity contribution is -0.136. The van der Waals surface area contributed by atoms with Gasteiger partial charge in [-0.25, -0.2) is 4.39 Å². The van der Waals surface area contributed by atoms with Crippen LogP contribution >= 0.6 is 0 Å². The van der Waals surface area contributed by atoms with Gasteiger partial charge in [0.25, 0.3) is 5.91 Å². The lowest BCUT2D eigenvalue weighted by Gasteiger charge is -2.37. The highest BCUT2D eigenvalue weighted by Crippen LogP contribution is 2.47. The van der Waals surface area contributed by atoms with E-state index in [2.05, 4.69) is 5.32 Å². The van der Waals surface area contributed by atoms with Crippen LogP contribution in [0.2, 0.25) is 0 Å². The van der Waals surface area contributed by atoms with Gasteiger partial charge in [0.15, 0.2) is 0 Å². The zero-order valence-corrected chi connectivity index (χ0v) is 18.4. The molecule has 1 N–H and O–H groups in total. The number of carbonyl (C=O) groups is 1. The highest BCUT2D eigenvalue weighted by Gasteiger charge is 2.45. The molecule has 0 unspecified atom stereocenters. The van der Waals surface area contributed by atoms with Crippen LogP contribution in [0.25, 0.3) is 5.57 Å². The number of carbonyl (C=O) groups excluding carboxylic acids is 1. The van der Waals surface area contributed by atoms with Crippen LogP contribution < -0.4 is 14.8 Å². The van der Waals surface area contributed by atoms with E-state index >= 15 is 0 Å². The number of nitrogens with zero attached hydrogens (tertiary/aromatic N) is 1. The normalized spacial score (nSPS) is 19.6. The molecule has 4 rings (SSSR count). The number of aryl methyl sites for hydroxylation is 1. The summed E-state index contributed by atoms with van der Waals surface area (Å²) in [4.78, 5) is 12.9. The van der Waals surface area contributed by atoms with Crippen LogP contribution in [0.3, 0.4) is 0 Å². The van der Waals surface area contributed by atoms with Crippen molar-refractivity contribution in [3.63, 3.8) is 0 Å². The van der Waals surface area contributed by atoms with Gasteiger partial charge in [-0.15, -0.1) is 0 Å². The predicted molar refractivity (Wildman–Crippen MR) is 115 cm³/mol. The maximum absolute atomic E-state index is 14.9. The second-order valence-corrected chi connectivity index (χ2v) is 8.41. The molecular weight excluding hydrogens is 452 g/mol. The molecule has 178 valence electrons. The Labute approximate surface area is 194 Å². The van der Waals surface area contributed by atoms with Gasteiger partial charge in [0.05, 0.1) is 19.3 Å². The lowest BCUT2D eigenvalue weighted by Crippen LogP contribution is -2.48. The summed E-state index contributed by atoms with van der Waals surface area (Å²) in [5.41, 5.74) is 1.27. The van der Waals surface area contributed by atoms with Gasteiger partial charge in [0.1, 0.15) is 29.0 Å². The molecule has 1 aliphatic heterocycles. The highest BCUT2D eigenvalue weighted by molar-refractivity contribution is 6.07. The molecular formula is C25H22F4N2O3. The van der Waals surface area contributed by atoms with E-state index in [1.54, 1.807) is 24.3 Å². The molecule has 0 saturated heterocycles. The van der Waals surface area contributed by atoms with Crippen LogP contribution in [-0.2, 0) is 16.8 Å². The molecule has 0 bridgehead atoms. The Hall–Kier alpha value is -3.54. The summed E-state index contributed by atoms with van der Waals surface area (Å²) >= 11 is 0. The van der Waals surface area contributed by atoms with Crippen molar-refractivity contribution < 1.29 is 31.8 Å². The molecule has 0 fully saturated rings. The van der Waals surface area contributed by atoms with Gasteiger partial charge in [-0.3, -0.25) is 4.79 Å². The van der Waals surface area contributed by atoms with Crippen molar-refractivity contribution in [3.05, 3.63) is 64.5 Å². The summed E-state index contributed by atoms with van der Waals surface area (Å²) in [6.45, 7) is -0.0602. The van der Waals surface area contributed by atoms with Crippen LogP contribution in [0, 0.1) is 17.1 Å². The molecule has 34 heavy (non-hydrogen) atoms. The van der Waals surface area contributed by atoms with Gasteiger partial charge in [0.2, 0.25) is 0 Å². The van der Waals surface area contributed by atoms with Gasteiger partial charge in [-0.2, -0.15) is 18.4 Å². The predicted octanol–water partition coefficient (Wildman–Crippen LogP) is 5.19. The van der Waals surface area contributed by atoms with Crippen molar-refractivity contribution in [2.75, 3.05) is 13.7 Å². The summed E-state index contributed by atoms with van der Waals surface area (Å²) in [5.74, 6) is -0.383. The third-order valence-corrected chi connectivity index (χ3v) is 6.26. The summed E-state index contributed by atoms with van der Waals surface area (Å²) in [6, 6.07) is 11.4. The summed E-state index contributed by atoms with van der Waals surface area (Å²) in [5, 5.41) is 12.5. The number of rotatable bonds is 6. The SMILES string of the molecule is COc1ccc(C2=C(C#N)C(=O)N[C@@]3(CCc4cc(OCCCC(F)(F)F)ccc43)C2)c(F)c1. The van der Waals surface area contributed by atoms with Crippen LogP contribution in [0.4, 0.5) is 17.6 Å². The van der Waals surface area contributed by atoms with E-state index in [4.69, 9.17) is 9.47 Å². The fourth-order valence-corrected chi connectivity index (χ4v) is 4.66. The summed E-state index contributed by atoms with van der Waals surface area (Å²) in [7, 11) is 1.42. The number of hydrogen-bond donors (Lipinski definition) is 1. The van der Waals surface area contributed by atoms with E-state index < -0.39 is 29.9 Å². The number of ether oxygens (including phenoxy) is 2. The molecule has 0 saturated carbocycles. The van der Waals surface area contributed by atoms with E-state index in [0.717, 1.165) is 11.1 Å². The molecule has 5 nitrogen and oxygen atoms in total. The van der Waals surface area contributed by atoms with Crippen molar-refractivity contribution in [3.8, 4) is 17.6 Å². The largest absolute Gasteiger partial charge is 0.497 e. The van der Waals surface area contributed by atoms with Crippen molar-refractivity contribution in [1.29, 1.82) is 5.26 Å². The van der Waals surface area contributed by atoms with Gasteiger partial charge in [-0.1, -0.05) is 6.07 Å². The number of fused-ring (bicyclic) bond motifs is 2. The van der Waals surface area contributed by atoms with E-state index in [1.807, 2.05) is 6.07 Å². The first kappa shape index (κ1) is 23.6. The number of halogens is 4. The fraction of sp³-hybridized carbons (Fsp3) is 0.360. The number of methoxy groups -OCH3 is 1. The molecule has 0 aromatic heterocycles. The monoisotopic (exact) mass is 474 g/mol. The molecule has 1 heterocycles. The molecule has 1 aliphatic carbocycles. The van der Waals surface area contributed by atoms with Gasteiger partial charge < -0.3 is 14.8 Å². The third kappa shape index (κ3) is 4.58. The van der Waals surface area contributed by atoms with Gasteiger partial charge in [0, 0.05) is 24.5 Å². The second-order valence-electron chi connectivity index (χ2n) is 8.41. The standard InChI is InChI=1S/C25H22F4N2O3/c1-33-16-3-5-18(22(26)12-16)19-13-24(31-23(32)20(19)14-30)9-7-15-11-17(4-6-21(15)24)34-10-2-8-25(27,28)29/h3-6,11-12H,2,7-10,13H2,1H3,(H,31,32)/t24-/m0/s1. The Morgan fingerprint density at radius 1 is 1.18 bits per heavy atom. The first-order valence-corrected chi connectivity index (χ1v) is 10.8. The minimum Gasteiger partial charge on any atom is -0.497 e. The lowest BCUT2D eigenvalue weighted by atomic mass is 9.78. The number of hydrogen-bond acceptors (Lipinski definition) is 4. The molecule has 1 spiro atoms. The molecule has 1 amide bonds. The topological polar surface area (TPSA) is 71.3 Å². The molecule has 9 heteroatoms. The molecule has 0 radical (unpaired) electrons. The highest BCUT2D eigenvalue weighted by atomic mass is 19.4. The fourth-order valence-electron chi connectivity index (χ4n) is 4.66. The van der Waals surface area contributed by atoms with E-state index in [-0.39, 0.29) is 30.6 Å². The smallest absolute Gasteiger partial charge is 0.389 e. The minimum atomic E-state index is -4.22. The Balaban J connectivity index is 1.60. The van der Waals surface area contributed by atoms with Crippen molar-refractivity contribution >= 4 is 11.5 Å². The Kier molecular flexibility index (Phi) is 6.26. The molecule has 1 atom stereocenters. The first-order chi connectivity index (χ1) is 16.2. The zero-order chi connectivity index (χ0) is 24.5. The number of benzene rings is 2. The number of amides is 1. The van der Waals surface area contributed by atoms with Crippen LogP contribution in [-0.4, -0.2) is 25.8 Å². The number of nitrogens with one attached hydrogen (secondary N) is 1. The third-order valence-electron chi connectivity index (χ3n) is 6.26. The molecule has 2 aliphatic rings. The first-order valence-electron chi connectivity index (χ1n) is 10.8. The van der Waals surface area contributed by atoms with Gasteiger partial charge in [-0.05, 0) is 60.2 Å².